The van der Waals surface area contributed by atoms with Crippen LogP contribution in [0, 0.1) is 0 Å². The van der Waals surface area contributed by atoms with Gasteiger partial charge >= 0.3 is 0 Å². The summed E-state index contributed by atoms with van der Waals surface area (Å²) in [6.07, 6.45) is 6.28. The van der Waals surface area contributed by atoms with Crippen molar-refractivity contribution in [1.82, 2.24) is 14.7 Å². The van der Waals surface area contributed by atoms with E-state index in [9.17, 15) is 4.79 Å². The topological polar surface area (TPSA) is 47.4 Å². The van der Waals surface area contributed by atoms with E-state index in [2.05, 4.69) is 5.10 Å². The van der Waals surface area contributed by atoms with Gasteiger partial charge in [-0.05, 0) is 36.4 Å². The molecule has 0 N–H and O–H groups in total. The van der Waals surface area contributed by atoms with Crippen LogP contribution in [0.25, 0.3) is 6.08 Å². The molecule has 0 bridgehead atoms. The minimum atomic E-state index is -0.0771. The molecule has 0 aliphatic carbocycles. The smallest absolute Gasteiger partial charge is 0.247 e. The van der Waals surface area contributed by atoms with E-state index in [1.54, 1.807) is 17.4 Å². The van der Waals surface area contributed by atoms with E-state index in [0.717, 1.165) is 17.0 Å². The van der Waals surface area contributed by atoms with Crippen LogP contribution in [-0.4, -0.2) is 40.3 Å². The molecule has 1 aliphatic rings. The predicted molar refractivity (Wildman–Crippen MR) is 91.2 cm³/mol. The average molecular weight is 331 g/mol. The highest BCUT2D eigenvalue weighted by Gasteiger charge is 2.32. The molecule has 6 heteroatoms. The van der Waals surface area contributed by atoms with E-state index in [0.29, 0.717) is 19.8 Å². The Kier molecular flexibility index (Phi) is 4.93. The second kappa shape index (κ2) is 7.10. The molecule has 0 unspecified atom stereocenters. The lowest BCUT2D eigenvalue weighted by Crippen LogP contribution is -2.42. The average Bonchev–Trinajstić information content (AvgIpc) is 3.20. The Morgan fingerprint density at radius 2 is 2.43 bits per heavy atom. The van der Waals surface area contributed by atoms with Gasteiger partial charge in [-0.25, -0.2) is 0 Å². The maximum Gasteiger partial charge on any atom is 0.247 e. The molecular weight excluding hydrogens is 310 g/mol. The fourth-order valence-electron chi connectivity index (χ4n) is 2.96. The van der Waals surface area contributed by atoms with E-state index in [-0.39, 0.29) is 11.9 Å². The SMILES string of the molecule is CCOC[C@@H]1c2c(cnn2C)CCN1C(=O)/C=C/c1cccs1. The third-order valence-electron chi connectivity index (χ3n) is 4.07. The lowest BCUT2D eigenvalue weighted by Gasteiger charge is -2.35. The first kappa shape index (κ1) is 16.0. The van der Waals surface area contributed by atoms with E-state index < -0.39 is 0 Å². The molecule has 0 radical (unpaired) electrons. The molecule has 23 heavy (non-hydrogen) atoms. The number of nitrogens with zero attached hydrogens (tertiary/aromatic N) is 3. The van der Waals surface area contributed by atoms with Crippen molar-refractivity contribution < 1.29 is 9.53 Å². The summed E-state index contributed by atoms with van der Waals surface area (Å²) in [4.78, 5) is 15.6. The number of thiophene rings is 1. The van der Waals surface area contributed by atoms with Gasteiger partial charge in [0.05, 0.1) is 24.5 Å². The zero-order valence-electron chi connectivity index (χ0n) is 13.4. The molecule has 0 spiro atoms. The van der Waals surface area contributed by atoms with Crippen LogP contribution in [0.4, 0.5) is 0 Å². The van der Waals surface area contributed by atoms with Gasteiger partial charge in [0.2, 0.25) is 5.91 Å². The maximum absolute atomic E-state index is 12.7. The summed E-state index contributed by atoms with van der Waals surface area (Å²) in [7, 11) is 1.92. The fraction of sp³-hybridized carbons (Fsp3) is 0.412. The van der Waals surface area contributed by atoms with Crippen molar-refractivity contribution in [2.24, 2.45) is 7.05 Å². The van der Waals surface area contributed by atoms with Crippen molar-refractivity contribution in [1.29, 1.82) is 0 Å². The molecule has 0 saturated carbocycles. The number of aromatic nitrogens is 2. The number of ether oxygens (including phenoxy) is 1. The molecule has 1 aliphatic heterocycles. The predicted octanol–water partition coefficient (Wildman–Crippen LogP) is 2.66. The zero-order valence-corrected chi connectivity index (χ0v) is 14.3. The van der Waals surface area contributed by atoms with Gasteiger partial charge in [0, 0.05) is 31.2 Å². The molecular formula is C17H21N3O2S. The highest BCUT2D eigenvalue weighted by Crippen LogP contribution is 2.30. The van der Waals surface area contributed by atoms with Crippen molar-refractivity contribution >= 4 is 23.3 Å². The Balaban J connectivity index is 1.82. The van der Waals surface area contributed by atoms with Crippen LogP contribution < -0.4 is 0 Å². The molecule has 3 rings (SSSR count). The first-order valence-electron chi connectivity index (χ1n) is 7.81. The van der Waals surface area contributed by atoms with Gasteiger partial charge in [0.25, 0.3) is 0 Å². The molecule has 1 amide bonds. The summed E-state index contributed by atoms with van der Waals surface area (Å²) in [6, 6.07) is 3.91. The lowest BCUT2D eigenvalue weighted by molar-refractivity contribution is -0.130. The van der Waals surface area contributed by atoms with Gasteiger partial charge in [-0.2, -0.15) is 5.10 Å². The second-order valence-electron chi connectivity index (χ2n) is 5.48. The molecule has 1 atom stereocenters. The number of hydrogen-bond donors (Lipinski definition) is 0. The molecule has 3 heterocycles. The summed E-state index contributed by atoms with van der Waals surface area (Å²) < 4.78 is 7.49. The quantitative estimate of drug-likeness (QED) is 0.792. The van der Waals surface area contributed by atoms with Gasteiger partial charge in [-0.15, -0.1) is 11.3 Å². The van der Waals surface area contributed by atoms with E-state index in [1.807, 2.05) is 53.3 Å². The highest BCUT2D eigenvalue weighted by molar-refractivity contribution is 7.10. The van der Waals surface area contributed by atoms with Crippen LogP contribution in [0.3, 0.4) is 0 Å². The minimum Gasteiger partial charge on any atom is -0.379 e. The lowest BCUT2D eigenvalue weighted by atomic mass is 10.00. The van der Waals surface area contributed by atoms with E-state index >= 15 is 0 Å². The Morgan fingerprint density at radius 1 is 1.57 bits per heavy atom. The third kappa shape index (κ3) is 3.38. The summed E-state index contributed by atoms with van der Waals surface area (Å²) in [5.41, 5.74) is 2.30. The van der Waals surface area contributed by atoms with Crippen LogP contribution in [0.1, 0.15) is 29.1 Å². The van der Waals surface area contributed by atoms with Crippen molar-refractivity contribution in [3.05, 3.63) is 45.9 Å². The van der Waals surface area contributed by atoms with E-state index in [1.165, 1.54) is 5.56 Å². The van der Waals surface area contributed by atoms with E-state index in [4.69, 9.17) is 4.74 Å². The van der Waals surface area contributed by atoms with Crippen molar-refractivity contribution in [2.75, 3.05) is 19.8 Å². The largest absolute Gasteiger partial charge is 0.379 e. The standard InChI is InChI=1S/C17H21N3O2S/c1-3-22-12-15-17-13(11-18-19(17)2)8-9-20(15)16(21)7-6-14-5-4-10-23-14/h4-7,10-11,15H,3,8-9,12H2,1-2H3/b7-6+/t15-/m1/s1. The summed E-state index contributed by atoms with van der Waals surface area (Å²) >= 11 is 1.62. The third-order valence-corrected chi connectivity index (χ3v) is 4.91. The minimum absolute atomic E-state index is 0.0231. The number of aryl methyl sites for hydroxylation is 1. The number of hydrogen-bond acceptors (Lipinski definition) is 4. The van der Waals surface area contributed by atoms with Crippen LogP contribution in [-0.2, 0) is 23.0 Å². The molecule has 2 aromatic heterocycles. The Bertz CT molecular complexity index is 691. The van der Waals surface area contributed by atoms with Crippen LogP contribution in [0.15, 0.2) is 29.8 Å². The normalized spacial score (nSPS) is 17.7. The van der Waals surface area contributed by atoms with Gasteiger partial charge in [-0.1, -0.05) is 6.07 Å². The van der Waals surface area contributed by atoms with Crippen LogP contribution in [0.2, 0.25) is 0 Å². The number of carbonyl (C=O) groups excluding carboxylic acids is 1. The summed E-state index contributed by atoms with van der Waals surface area (Å²) in [6.45, 7) is 3.80. The number of carbonyl (C=O) groups is 1. The van der Waals surface area contributed by atoms with Crippen molar-refractivity contribution in [3.63, 3.8) is 0 Å². The zero-order chi connectivity index (χ0) is 16.2. The molecule has 0 aromatic carbocycles. The Labute approximate surface area is 140 Å². The number of rotatable bonds is 5. The molecule has 2 aromatic rings. The molecule has 5 nitrogen and oxygen atoms in total. The number of amides is 1. The van der Waals surface area contributed by atoms with Crippen molar-refractivity contribution in [3.8, 4) is 0 Å². The first-order valence-corrected chi connectivity index (χ1v) is 8.69. The van der Waals surface area contributed by atoms with Gasteiger partial charge in [0.1, 0.15) is 0 Å². The van der Waals surface area contributed by atoms with Crippen molar-refractivity contribution in [2.45, 2.75) is 19.4 Å². The molecule has 0 fully saturated rings. The highest BCUT2D eigenvalue weighted by atomic mass is 32.1. The number of fused-ring (bicyclic) bond motifs is 1. The molecule has 0 saturated heterocycles. The Hall–Kier alpha value is -1.92. The maximum atomic E-state index is 12.7. The fourth-order valence-corrected chi connectivity index (χ4v) is 3.57. The summed E-state index contributed by atoms with van der Waals surface area (Å²) in [5.74, 6) is 0.0231. The first-order chi connectivity index (χ1) is 11.2. The second-order valence-corrected chi connectivity index (χ2v) is 6.46. The Morgan fingerprint density at radius 3 is 3.17 bits per heavy atom. The van der Waals surface area contributed by atoms with Crippen LogP contribution in [0.5, 0.6) is 0 Å². The van der Waals surface area contributed by atoms with Gasteiger partial charge in [0.15, 0.2) is 0 Å². The monoisotopic (exact) mass is 331 g/mol. The summed E-state index contributed by atoms with van der Waals surface area (Å²) in [5, 5.41) is 6.35. The van der Waals surface area contributed by atoms with Gasteiger partial charge < -0.3 is 9.64 Å². The van der Waals surface area contributed by atoms with Gasteiger partial charge in [-0.3, -0.25) is 9.48 Å². The molecule has 122 valence electrons. The van der Waals surface area contributed by atoms with Crippen LogP contribution >= 0.6 is 11.3 Å².